The third-order valence-electron chi connectivity index (χ3n) is 2.62. The average molecular weight is 318 g/mol. The predicted octanol–water partition coefficient (Wildman–Crippen LogP) is 1.64. The third kappa shape index (κ3) is 3.57. The van der Waals surface area contributed by atoms with Crippen molar-refractivity contribution in [2.45, 2.75) is 6.10 Å². The number of thiazole rings is 1. The molecule has 6 nitrogen and oxygen atoms in total. The molecule has 0 saturated carbocycles. The highest BCUT2D eigenvalue weighted by molar-refractivity contribution is 7.22. The van der Waals surface area contributed by atoms with Gasteiger partial charge in [0, 0.05) is 13.7 Å². The second kappa shape index (κ2) is 7.39. The molecule has 0 aliphatic heterocycles. The molecular weight excluding hydrogens is 302 g/mol. The number of fused-ring (bicyclic) bond motifs is 1. The largest absolute Gasteiger partial charge is 0.497 e. The number of anilines is 1. The Bertz CT molecular complexity index is 586. The SMILES string of the molecule is COc1ccc2nc(NC(=O)C(CN)OC)sc2c1.Cl. The van der Waals surface area contributed by atoms with Gasteiger partial charge in [0.05, 0.1) is 17.3 Å². The summed E-state index contributed by atoms with van der Waals surface area (Å²) in [5, 5.41) is 3.21. The molecule has 0 bridgehead atoms. The zero-order valence-electron chi connectivity index (χ0n) is 11.1. The number of amides is 1. The second-order valence-corrected chi connectivity index (χ2v) is 4.83. The van der Waals surface area contributed by atoms with Crippen molar-refractivity contribution in [1.29, 1.82) is 0 Å². The van der Waals surface area contributed by atoms with Crippen LogP contribution in [0.1, 0.15) is 0 Å². The number of carbonyl (C=O) groups is 1. The highest BCUT2D eigenvalue weighted by atomic mass is 35.5. The van der Waals surface area contributed by atoms with Crippen LogP contribution in [0.4, 0.5) is 5.13 Å². The predicted molar refractivity (Wildman–Crippen MR) is 81.9 cm³/mol. The number of nitrogens with one attached hydrogen (secondary N) is 1. The molecular formula is C12H16ClN3O3S. The highest BCUT2D eigenvalue weighted by Crippen LogP contribution is 2.29. The number of carbonyl (C=O) groups excluding carboxylic acids is 1. The van der Waals surface area contributed by atoms with E-state index < -0.39 is 6.10 Å². The summed E-state index contributed by atoms with van der Waals surface area (Å²) in [6.07, 6.45) is -0.665. The van der Waals surface area contributed by atoms with Crippen molar-refractivity contribution in [2.75, 3.05) is 26.1 Å². The van der Waals surface area contributed by atoms with Gasteiger partial charge < -0.3 is 15.2 Å². The molecule has 2 aromatic rings. The molecule has 1 aromatic carbocycles. The van der Waals surface area contributed by atoms with Gasteiger partial charge in [-0.2, -0.15) is 0 Å². The molecule has 1 amide bonds. The smallest absolute Gasteiger partial charge is 0.256 e. The molecule has 8 heteroatoms. The van der Waals surface area contributed by atoms with Crippen LogP contribution in [-0.4, -0.2) is 37.8 Å². The fourth-order valence-corrected chi connectivity index (χ4v) is 2.48. The Hall–Kier alpha value is -1.41. The first kappa shape index (κ1) is 16.6. The molecule has 0 saturated heterocycles. The Morgan fingerprint density at radius 3 is 2.85 bits per heavy atom. The molecule has 0 aliphatic carbocycles. The molecule has 110 valence electrons. The maximum absolute atomic E-state index is 11.8. The zero-order valence-corrected chi connectivity index (χ0v) is 12.7. The van der Waals surface area contributed by atoms with Gasteiger partial charge in [-0.15, -0.1) is 12.4 Å². The van der Waals surface area contributed by atoms with Crippen LogP contribution in [0.2, 0.25) is 0 Å². The lowest BCUT2D eigenvalue weighted by atomic mass is 10.3. The Balaban J connectivity index is 0.00000200. The normalized spacial score (nSPS) is 11.8. The maximum atomic E-state index is 11.8. The Morgan fingerprint density at radius 1 is 1.50 bits per heavy atom. The zero-order chi connectivity index (χ0) is 13.8. The van der Waals surface area contributed by atoms with Gasteiger partial charge in [-0.3, -0.25) is 10.1 Å². The number of nitrogens with two attached hydrogens (primary N) is 1. The second-order valence-electron chi connectivity index (χ2n) is 3.80. The van der Waals surface area contributed by atoms with E-state index in [2.05, 4.69) is 10.3 Å². The number of rotatable bonds is 5. The van der Waals surface area contributed by atoms with Crippen molar-refractivity contribution in [3.63, 3.8) is 0 Å². The summed E-state index contributed by atoms with van der Waals surface area (Å²) in [5.74, 6) is 0.460. The van der Waals surface area contributed by atoms with E-state index in [1.165, 1.54) is 18.4 Å². The number of halogens is 1. The number of methoxy groups -OCH3 is 2. The minimum atomic E-state index is -0.665. The van der Waals surface area contributed by atoms with Crippen LogP contribution >= 0.6 is 23.7 Å². The van der Waals surface area contributed by atoms with E-state index in [0.29, 0.717) is 5.13 Å². The van der Waals surface area contributed by atoms with E-state index in [4.69, 9.17) is 15.2 Å². The van der Waals surface area contributed by atoms with Crippen LogP contribution < -0.4 is 15.8 Å². The monoisotopic (exact) mass is 317 g/mol. The van der Waals surface area contributed by atoms with E-state index in [-0.39, 0.29) is 24.9 Å². The summed E-state index contributed by atoms with van der Waals surface area (Å²) >= 11 is 1.37. The first-order valence-corrected chi connectivity index (χ1v) is 6.48. The summed E-state index contributed by atoms with van der Waals surface area (Å²) < 4.78 is 11.0. The minimum absolute atomic E-state index is 0. The van der Waals surface area contributed by atoms with Crippen LogP contribution in [0.5, 0.6) is 5.75 Å². The van der Waals surface area contributed by atoms with Gasteiger partial charge >= 0.3 is 0 Å². The molecule has 1 unspecified atom stereocenters. The number of ether oxygens (including phenoxy) is 2. The van der Waals surface area contributed by atoms with Gasteiger partial charge in [-0.1, -0.05) is 11.3 Å². The number of aromatic nitrogens is 1. The number of hydrogen-bond donors (Lipinski definition) is 2. The molecule has 3 N–H and O–H groups in total. The highest BCUT2D eigenvalue weighted by Gasteiger charge is 2.17. The number of nitrogens with zero attached hydrogens (tertiary/aromatic N) is 1. The van der Waals surface area contributed by atoms with Crippen molar-refractivity contribution in [3.8, 4) is 5.75 Å². The van der Waals surface area contributed by atoms with Crippen LogP contribution in [0.25, 0.3) is 10.2 Å². The van der Waals surface area contributed by atoms with Gasteiger partial charge in [-0.25, -0.2) is 4.98 Å². The van der Waals surface area contributed by atoms with Crippen LogP contribution in [0.3, 0.4) is 0 Å². The standard InChI is InChI=1S/C12H15N3O3S.ClH/c1-17-7-3-4-8-10(5-7)19-12(14-8)15-11(16)9(6-13)18-2;/h3-5,9H,6,13H2,1-2H3,(H,14,15,16);1H. The molecule has 1 heterocycles. The number of benzene rings is 1. The molecule has 2 rings (SSSR count). The molecule has 0 fully saturated rings. The van der Waals surface area contributed by atoms with Gasteiger partial charge in [0.15, 0.2) is 5.13 Å². The fourth-order valence-electron chi connectivity index (χ4n) is 1.58. The van der Waals surface area contributed by atoms with Gasteiger partial charge in [0.1, 0.15) is 11.9 Å². The molecule has 0 spiro atoms. The number of hydrogen-bond acceptors (Lipinski definition) is 6. The molecule has 1 aromatic heterocycles. The van der Waals surface area contributed by atoms with Gasteiger partial charge in [0.25, 0.3) is 5.91 Å². The van der Waals surface area contributed by atoms with Crippen LogP contribution in [-0.2, 0) is 9.53 Å². The van der Waals surface area contributed by atoms with Crippen molar-refractivity contribution in [2.24, 2.45) is 5.73 Å². The summed E-state index contributed by atoms with van der Waals surface area (Å²) in [7, 11) is 3.05. The lowest BCUT2D eigenvalue weighted by Gasteiger charge is -2.10. The quantitative estimate of drug-likeness (QED) is 0.875. The molecule has 0 aliphatic rings. The van der Waals surface area contributed by atoms with E-state index in [0.717, 1.165) is 16.0 Å². The Kier molecular flexibility index (Phi) is 6.15. The van der Waals surface area contributed by atoms with E-state index in [1.807, 2.05) is 18.2 Å². The summed E-state index contributed by atoms with van der Waals surface area (Å²) in [4.78, 5) is 16.1. The van der Waals surface area contributed by atoms with Crippen molar-refractivity contribution in [3.05, 3.63) is 18.2 Å². The van der Waals surface area contributed by atoms with E-state index >= 15 is 0 Å². The molecule has 1 atom stereocenters. The van der Waals surface area contributed by atoms with Crippen LogP contribution in [0.15, 0.2) is 18.2 Å². The van der Waals surface area contributed by atoms with Crippen LogP contribution in [0, 0.1) is 0 Å². The first-order valence-electron chi connectivity index (χ1n) is 5.66. The molecule has 20 heavy (non-hydrogen) atoms. The minimum Gasteiger partial charge on any atom is -0.497 e. The summed E-state index contributed by atoms with van der Waals surface area (Å²) in [6, 6.07) is 5.54. The lowest BCUT2D eigenvalue weighted by molar-refractivity contribution is -0.125. The average Bonchev–Trinajstić information content (AvgIpc) is 2.80. The fraction of sp³-hybridized carbons (Fsp3) is 0.333. The molecule has 0 radical (unpaired) electrons. The Labute approximate surface area is 126 Å². The summed E-state index contributed by atoms with van der Waals surface area (Å²) in [5.41, 5.74) is 6.24. The summed E-state index contributed by atoms with van der Waals surface area (Å²) in [6.45, 7) is 0.126. The lowest BCUT2D eigenvalue weighted by Crippen LogP contribution is -2.35. The first-order chi connectivity index (χ1) is 9.17. The van der Waals surface area contributed by atoms with Crippen molar-refractivity contribution < 1.29 is 14.3 Å². The Morgan fingerprint density at radius 2 is 2.25 bits per heavy atom. The van der Waals surface area contributed by atoms with E-state index in [9.17, 15) is 4.79 Å². The van der Waals surface area contributed by atoms with Gasteiger partial charge in [-0.05, 0) is 18.2 Å². The van der Waals surface area contributed by atoms with Crippen molar-refractivity contribution in [1.82, 2.24) is 4.98 Å². The topological polar surface area (TPSA) is 86.5 Å². The van der Waals surface area contributed by atoms with E-state index in [1.54, 1.807) is 7.11 Å². The maximum Gasteiger partial charge on any atom is 0.256 e. The van der Waals surface area contributed by atoms with Crippen molar-refractivity contribution >= 4 is 45.0 Å². The third-order valence-corrected chi connectivity index (χ3v) is 3.55. The van der Waals surface area contributed by atoms with Gasteiger partial charge in [0.2, 0.25) is 0 Å².